The molecule has 0 saturated carbocycles. The van der Waals surface area contributed by atoms with Crippen LogP contribution in [0.5, 0.6) is 5.75 Å². The van der Waals surface area contributed by atoms with E-state index in [0.717, 1.165) is 22.6 Å². The van der Waals surface area contributed by atoms with Crippen molar-refractivity contribution in [3.63, 3.8) is 0 Å². The van der Waals surface area contributed by atoms with Gasteiger partial charge in [0.05, 0.1) is 5.69 Å². The lowest BCUT2D eigenvalue weighted by molar-refractivity contribution is 0.302. The molecule has 0 amide bonds. The molecule has 1 aromatic heterocycles. The average molecular weight is 203 g/mol. The second-order valence-corrected chi connectivity index (χ2v) is 3.68. The summed E-state index contributed by atoms with van der Waals surface area (Å²) in [6.45, 7) is 0.449. The number of ether oxygens (including phenoxy) is 1. The van der Waals surface area contributed by atoms with Crippen molar-refractivity contribution in [1.82, 2.24) is 4.57 Å². The second kappa shape index (κ2) is 2.86. The normalized spacial score (nSPS) is 12.9. The molecule has 0 spiro atoms. The zero-order valence-corrected chi connectivity index (χ0v) is 8.33. The zero-order valence-electron chi connectivity index (χ0n) is 8.33. The SMILES string of the molecule is Cn1c(F)cc2c1-c1ccccc1OC2. The van der Waals surface area contributed by atoms with Gasteiger partial charge in [-0.3, -0.25) is 0 Å². The summed E-state index contributed by atoms with van der Waals surface area (Å²) in [6, 6.07) is 9.24. The fraction of sp³-hybridized carbons (Fsp3) is 0.167. The molecule has 0 saturated heterocycles. The first kappa shape index (κ1) is 8.53. The van der Waals surface area contributed by atoms with Crippen molar-refractivity contribution in [1.29, 1.82) is 0 Å². The van der Waals surface area contributed by atoms with Crippen LogP contribution in [0, 0.1) is 5.95 Å². The highest BCUT2D eigenvalue weighted by atomic mass is 19.1. The van der Waals surface area contributed by atoms with Crippen molar-refractivity contribution in [3.8, 4) is 17.0 Å². The maximum atomic E-state index is 13.4. The Morgan fingerprint density at radius 3 is 3.00 bits per heavy atom. The Hall–Kier alpha value is -1.77. The molecule has 1 aliphatic heterocycles. The minimum Gasteiger partial charge on any atom is -0.488 e. The lowest BCUT2D eigenvalue weighted by Gasteiger charge is -2.18. The van der Waals surface area contributed by atoms with Crippen molar-refractivity contribution in [2.45, 2.75) is 6.61 Å². The quantitative estimate of drug-likeness (QED) is 0.642. The molecule has 15 heavy (non-hydrogen) atoms. The third-order valence-corrected chi connectivity index (χ3v) is 2.78. The van der Waals surface area contributed by atoms with E-state index in [0.29, 0.717) is 6.61 Å². The van der Waals surface area contributed by atoms with Crippen molar-refractivity contribution < 1.29 is 9.13 Å². The van der Waals surface area contributed by atoms with Gasteiger partial charge in [-0.1, -0.05) is 12.1 Å². The van der Waals surface area contributed by atoms with Gasteiger partial charge in [-0.05, 0) is 12.1 Å². The Morgan fingerprint density at radius 1 is 1.33 bits per heavy atom. The fourth-order valence-electron chi connectivity index (χ4n) is 2.04. The molecular weight excluding hydrogens is 193 g/mol. The molecule has 0 radical (unpaired) electrons. The molecule has 3 heteroatoms. The Kier molecular flexibility index (Phi) is 1.63. The minimum absolute atomic E-state index is 0.222. The van der Waals surface area contributed by atoms with E-state index >= 15 is 0 Å². The number of fused-ring (bicyclic) bond motifs is 3. The summed E-state index contributed by atoms with van der Waals surface area (Å²) in [5, 5.41) is 0. The zero-order chi connectivity index (χ0) is 10.4. The van der Waals surface area contributed by atoms with Crippen LogP contribution in [0.25, 0.3) is 11.3 Å². The molecule has 1 aliphatic rings. The number of para-hydroxylation sites is 1. The van der Waals surface area contributed by atoms with Gasteiger partial charge in [0.1, 0.15) is 12.4 Å². The van der Waals surface area contributed by atoms with Crippen LogP contribution < -0.4 is 4.74 Å². The average Bonchev–Trinajstić information content (AvgIpc) is 2.55. The second-order valence-electron chi connectivity index (χ2n) is 3.68. The monoisotopic (exact) mass is 203 g/mol. The minimum atomic E-state index is -0.222. The summed E-state index contributed by atoms with van der Waals surface area (Å²) in [4.78, 5) is 0. The van der Waals surface area contributed by atoms with Crippen LogP contribution in [0.1, 0.15) is 5.56 Å². The summed E-state index contributed by atoms with van der Waals surface area (Å²) in [7, 11) is 1.73. The molecule has 76 valence electrons. The Balaban J connectivity index is 2.33. The predicted octanol–water partition coefficient (Wildman–Crippen LogP) is 2.72. The van der Waals surface area contributed by atoms with Gasteiger partial charge in [-0.15, -0.1) is 0 Å². The Morgan fingerprint density at radius 2 is 2.13 bits per heavy atom. The van der Waals surface area contributed by atoms with Crippen LogP contribution in [0.3, 0.4) is 0 Å². The number of aromatic nitrogens is 1. The van der Waals surface area contributed by atoms with Crippen LogP contribution in [0.2, 0.25) is 0 Å². The number of rotatable bonds is 0. The van der Waals surface area contributed by atoms with E-state index in [4.69, 9.17) is 4.74 Å². The molecule has 0 atom stereocenters. The lowest BCUT2D eigenvalue weighted by Crippen LogP contribution is -2.06. The molecule has 0 fully saturated rings. The van der Waals surface area contributed by atoms with E-state index in [1.165, 1.54) is 6.07 Å². The van der Waals surface area contributed by atoms with E-state index in [9.17, 15) is 4.39 Å². The Bertz CT molecular complexity index is 530. The predicted molar refractivity (Wildman–Crippen MR) is 55.1 cm³/mol. The van der Waals surface area contributed by atoms with Gasteiger partial charge < -0.3 is 9.30 Å². The van der Waals surface area contributed by atoms with Crippen LogP contribution in [0.15, 0.2) is 30.3 Å². The van der Waals surface area contributed by atoms with Crippen LogP contribution in [-0.4, -0.2) is 4.57 Å². The molecule has 3 rings (SSSR count). The third kappa shape index (κ3) is 1.09. The molecule has 2 nitrogen and oxygen atoms in total. The summed E-state index contributed by atoms with van der Waals surface area (Å²) in [5.41, 5.74) is 2.80. The smallest absolute Gasteiger partial charge is 0.194 e. The first-order valence-corrected chi connectivity index (χ1v) is 4.83. The van der Waals surface area contributed by atoms with Gasteiger partial charge in [0.2, 0.25) is 0 Å². The van der Waals surface area contributed by atoms with E-state index in [1.807, 2.05) is 24.3 Å². The van der Waals surface area contributed by atoms with Gasteiger partial charge in [0, 0.05) is 24.2 Å². The molecule has 2 aromatic rings. The summed E-state index contributed by atoms with van der Waals surface area (Å²) in [6.07, 6.45) is 0. The van der Waals surface area contributed by atoms with E-state index in [2.05, 4.69) is 0 Å². The van der Waals surface area contributed by atoms with Gasteiger partial charge in [0.25, 0.3) is 0 Å². The van der Waals surface area contributed by atoms with E-state index in [-0.39, 0.29) is 5.95 Å². The fourth-order valence-corrected chi connectivity index (χ4v) is 2.04. The number of nitrogens with zero attached hydrogens (tertiary/aromatic N) is 1. The maximum absolute atomic E-state index is 13.4. The third-order valence-electron chi connectivity index (χ3n) is 2.78. The highest BCUT2D eigenvalue weighted by Gasteiger charge is 2.21. The van der Waals surface area contributed by atoms with Crippen molar-refractivity contribution in [2.24, 2.45) is 7.05 Å². The summed E-state index contributed by atoms with van der Waals surface area (Å²) >= 11 is 0. The van der Waals surface area contributed by atoms with E-state index in [1.54, 1.807) is 11.6 Å². The van der Waals surface area contributed by atoms with E-state index < -0.39 is 0 Å². The highest BCUT2D eigenvalue weighted by Crippen LogP contribution is 2.37. The number of benzene rings is 1. The van der Waals surface area contributed by atoms with Crippen LogP contribution >= 0.6 is 0 Å². The van der Waals surface area contributed by atoms with Crippen LogP contribution in [0.4, 0.5) is 4.39 Å². The lowest BCUT2D eigenvalue weighted by atomic mass is 10.1. The molecule has 2 heterocycles. The molecule has 0 N–H and O–H groups in total. The largest absolute Gasteiger partial charge is 0.488 e. The summed E-state index contributed by atoms with van der Waals surface area (Å²) in [5.74, 6) is 0.603. The van der Waals surface area contributed by atoms with Gasteiger partial charge in [0.15, 0.2) is 5.95 Å². The summed E-state index contributed by atoms with van der Waals surface area (Å²) < 4.78 is 20.5. The molecule has 0 bridgehead atoms. The molecule has 1 aromatic carbocycles. The van der Waals surface area contributed by atoms with Crippen molar-refractivity contribution >= 4 is 0 Å². The first-order chi connectivity index (χ1) is 7.27. The number of hydrogen-bond donors (Lipinski definition) is 0. The van der Waals surface area contributed by atoms with Crippen LogP contribution in [-0.2, 0) is 13.7 Å². The molecular formula is C12H10FNO. The van der Waals surface area contributed by atoms with Gasteiger partial charge in [-0.25, -0.2) is 0 Å². The topological polar surface area (TPSA) is 14.2 Å². The first-order valence-electron chi connectivity index (χ1n) is 4.83. The highest BCUT2D eigenvalue weighted by molar-refractivity contribution is 5.72. The molecule has 0 aliphatic carbocycles. The maximum Gasteiger partial charge on any atom is 0.194 e. The Labute approximate surface area is 86.9 Å². The van der Waals surface area contributed by atoms with Gasteiger partial charge in [-0.2, -0.15) is 4.39 Å². The van der Waals surface area contributed by atoms with Crippen molar-refractivity contribution in [3.05, 3.63) is 41.8 Å². The van der Waals surface area contributed by atoms with Gasteiger partial charge >= 0.3 is 0 Å². The number of hydrogen-bond acceptors (Lipinski definition) is 1. The van der Waals surface area contributed by atoms with Crippen molar-refractivity contribution in [2.75, 3.05) is 0 Å². The molecule has 0 unspecified atom stereocenters. The number of halogens is 1. The standard InChI is InChI=1S/C12H10FNO/c1-14-11(13)6-8-7-15-10-5-3-2-4-9(10)12(8)14/h2-6H,7H2,1H3.